The van der Waals surface area contributed by atoms with Crippen molar-refractivity contribution in [2.24, 2.45) is 5.92 Å². The Morgan fingerprint density at radius 1 is 1.41 bits per heavy atom. The Hall–Kier alpha value is -1.35. The molecule has 1 aliphatic heterocycles. The molecular formula is C14H18NO2. The van der Waals surface area contributed by atoms with E-state index in [-0.39, 0.29) is 6.10 Å². The van der Waals surface area contributed by atoms with Gasteiger partial charge >= 0.3 is 0 Å². The van der Waals surface area contributed by atoms with Gasteiger partial charge in [0.15, 0.2) is 0 Å². The second-order valence-corrected chi connectivity index (χ2v) is 4.56. The van der Waals surface area contributed by atoms with Gasteiger partial charge in [-0.25, -0.2) is 0 Å². The number of hydrogen-bond acceptors (Lipinski definition) is 3. The van der Waals surface area contributed by atoms with Crippen molar-refractivity contribution in [3.8, 4) is 5.75 Å². The van der Waals surface area contributed by atoms with Gasteiger partial charge in [-0.3, -0.25) is 4.79 Å². The smallest absolute Gasteiger partial charge is 0.233 e. The van der Waals surface area contributed by atoms with Crippen molar-refractivity contribution in [3.63, 3.8) is 0 Å². The molecule has 0 saturated carbocycles. The van der Waals surface area contributed by atoms with E-state index >= 15 is 0 Å². The maximum atomic E-state index is 10.4. The molecule has 1 radical (unpaired) electrons. The fourth-order valence-electron chi connectivity index (χ4n) is 2.19. The predicted molar refractivity (Wildman–Crippen MR) is 66.9 cm³/mol. The van der Waals surface area contributed by atoms with E-state index in [0.717, 1.165) is 18.8 Å². The molecular weight excluding hydrogens is 214 g/mol. The number of benzene rings is 1. The molecule has 2 atom stereocenters. The number of ether oxygens (including phenoxy) is 1. The molecule has 0 aromatic heterocycles. The molecule has 3 heteroatoms. The zero-order valence-corrected chi connectivity index (χ0v) is 10.1. The maximum Gasteiger partial charge on any atom is 0.233 e. The lowest BCUT2D eigenvalue weighted by molar-refractivity contribution is 0.131. The molecule has 1 N–H and O–H groups in total. The van der Waals surface area contributed by atoms with Crippen molar-refractivity contribution in [2.75, 3.05) is 13.1 Å². The van der Waals surface area contributed by atoms with E-state index in [0.29, 0.717) is 11.5 Å². The minimum Gasteiger partial charge on any atom is -0.490 e. The fourth-order valence-corrected chi connectivity index (χ4v) is 2.19. The maximum absolute atomic E-state index is 10.4. The molecule has 3 nitrogen and oxygen atoms in total. The summed E-state index contributed by atoms with van der Waals surface area (Å²) in [6.07, 6.45) is 4.49. The van der Waals surface area contributed by atoms with Gasteiger partial charge in [0, 0.05) is 18.0 Å². The highest BCUT2D eigenvalue weighted by molar-refractivity contribution is 5.75. The molecule has 2 rings (SSSR count). The van der Waals surface area contributed by atoms with Gasteiger partial charge < -0.3 is 10.1 Å². The van der Waals surface area contributed by atoms with Crippen molar-refractivity contribution in [1.29, 1.82) is 0 Å². The molecule has 0 aliphatic carbocycles. The third-order valence-electron chi connectivity index (χ3n) is 3.29. The van der Waals surface area contributed by atoms with E-state index in [9.17, 15) is 4.79 Å². The van der Waals surface area contributed by atoms with Crippen LogP contribution >= 0.6 is 0 Å². The minimum atomic E-state index is 0.203. The lowest BCUT2D eigenvalue weighted by Crippen LogP contribution is -2.37. The summed E-state index contributed by atoms with van der Waals surface area (Å²) in [4.78, 5) is 10.4. The van der Waals surface area contributed by atoms with Crippen LogP contribution in [0.4, 0.5) is 0 Å². The molecule has 0 amide bonds. The van der Waals surface area contributed by atoms with Crippen LogP contribution in [0.2, 0.25) is 0 Å². The summed E-state index contributed by atoms with van der Waals surface area (Å²) in [6, 6.07) is 7.11. The minimum absolute atomic E-state index is 0.203. The van der Waals surface area contributed by atoms with Crippen LogP contribution in [0.1, 0.15) is 25.3 Å². The van der Waals surface area contributed by atoms with Crippen molar-refractivity contribution in [1.82, 2.24) is 5.32 Å². The third kappa shape index (κ3) is 3.30. The standard InChI is InChI=1S/C14H18NO2/c1-11(13-3-2-8-15-9-13)17-14-6-4-12(10-16)5-7-14/h4-7,11,13,15H,2-3,8-9H2,1H3. The second-order valence-electron chi connectivity index (χ2n) is 4.56. The van der Waals surface area contributed by atoms with Crippen molar-refractivity contribution in [3.05, 3.63) is 29.8 Å². The summed E-state index contributed by atoms with van der Waals surface area (Å²) >= 11 is 0. The largest absolute Gasteiger partial charge is 0.490 e. The summed E-state index contributed by atoms with van der Waals surface area (Å²) in [5.74, 6) is 1.39. The second kappa shape index (κ2) is 5.82. The first kappa shape index (κ1) is 12.1. The Labute approximate surface area is 102 Å². The molecule has 0 bridgehead atoms. The lowest BCUT2D eigenvalue weighted by Gasteiger charge is -2.28. The van der Waals surface area contributed by atoms with Crippen LogP contribution in [0.25, 0.3) is 0 Å². The summed E-state index contributed by atoms with van der Waals surface area (Å²) in [6.45, 7) is 4.26. The normalized spacial score (nSPS) is 21.8. The SMILES string of the molecule is CC(Oc1ccc([C]=O)cc1)C1CCCNC1. The molecule has 1 aliphatic rings. The van der Waals surface area contributed by atoms with E-state index < -0.39 is 0 Å². The number of nitrogens with one attached hydrogen (secondary N) is 1. The van der Waals surface area contributed by atoms with E-state index in [1.54, 1.807) is 12.1 Å². The summed E-state index contributed by atoms with van der Waals surface area (Å²) in [7, 11) is 0. The van der Waals surface area contributed by atoms with E-state index in [1.807, 2.05) is 18.4 Å². The highest BCUT2D eigenvalue weighted by atomic mass is 16.5. The van der Waals surface area contributed by atoms with Crippen LogP contribution in [-0.2, 0) is 4.79 Å². The highest BCUT2D eigenvalue weighted by Crippen LogP contribution is 2.20. The van der Waals surface area contributed by atoms with Gasteiger partial charge in [0.2, 0.25) is 6.29 Å². The summed E-state index contributed by atoms with van der Waals surface area (Å²) in [5, 5.41) is 3.39. The number of piperidine rings is 1. The number of rotatable bonds is 4. The monoisotopic (exact) mass is 232 g/mol. The third-order valence-corrected chi connectivity index (χ3v) is 3.29. The average Bonchev–Trinajstić information content (AvgIpc) is 2.40. The molecule has 91 valence electrons. The van der Waals surface area contributed by atoms with Crippen molar-refractivity contribution in [2.45, 2.75) is 25.9 Å². The molecule has 1 fully saturated rings. The molecule has 1 aromatic carbocycles. The molecule has 0 spiro atoms. The van der Waals surface area contributed by atoms with Crippen molar-refractivity contribution < 1.29 is 9.53 Å². The van der Waals surface area contributed by atoms with Gasteiger partial charge in [0.05, 0.1) is 6.10 Å². The zero-order chi connectivity index (χ0) is 12.1. The molecule has 1 heterocycles. The van der Waals surface area contributed by atoms with E-state index in [1.165, 1.54) is 12.8 Å². The molecule has 17 heavy (non-hydrogen) atoms. The van der Waals surface area contributed by atoms with Gasteiger partial charge in [-0.15, -0.1) is 0 Å². The topological polar surface area (TPSA) is 38.3 Å². The summed E-state index contributed by atoms with van der Waals surface area (Å²) < 4.78 is 5.88. The van der Waals surface area contributed by atoms with Crippen LogP contribution in [-0.4, -0.2) is 25.5 Å². The Kier molecular flexibility index (Phi) is 4.15. The Morgan fingerprint density at radius 2 is 2.18 bits per heavy atom. The van der Waals surface area contributed by atoms with Crippen LogP contribution < -0.4 is 10.1 Å². The average molecular weight is 232 g/mol. The summed E-state index contributed by atoms with van der Waals surface area (Å²) in [5.41, 5.74) is 0.560. The predicted octanol–water partition coefficient (Wildman–Crippen LogP) is 1.91. The zero-order valence-electron chi connectivity index (χ0n) is 10.1. The van der Waals surface area contributed by atoms with Gasteiger partial charge in [0.25, 0.3) is 0 Å². The number of carbonyl (C=O) groups excluding carboxylic acids is 1. The fraction of sp³-hybridized carbons (Fsp3) is 0.500. The first-order valence-electron chi connectivity index (χ1n) is 6.15. The Bertz CT molecular complexity index is 355. The van der Waals surface area contributed by atoms with Gasteiger partial charge in [0.1, 0.15) is 5.75 Å². The van der Waals surface area contributed by atoms with Crippen LogP contribution in [0.15, 0.2) is 24.3 Å². The van der Waals surface area contributed by atoms with Crippen LogP contribution in [0.5, 0.6) is 5.75 Å². The quantitative estimate of drug-likeness (QED) is 0.861. The highest BCUT2D eigenvalue weighted by Gasteiger charge is 2.21. The van der Waals surface area contributed by atoms with Gasteiger partial charge in [-0.2, -0.15) is 0 Å². The number of hydrogen-bond donors (Lipinski definition) is 1. The van der Waals surface area contributed by atoms with Gasteiger partial charge in [-0.05, 0) is 50.6 Å². The first-order valence-corrected chi connectivity index (χ1v) is 6.15. The van der Waals surface area contributed by atoms with Gasteiger partial charge in [-0.1, -0.05) is 0 Å². The Morgan fingerprint density at radius 3 is 2.76 bits per heavy atom. The van der Waals surface area contributed by atoms with Crippen molar-refractivity contribution >= 4 is 6.29 Å². The van der Waals surface area contributed by atoms with E-state index in [2.05, 4.69) is 12.2 Å². The first-order chi connectivity index (χ1) is 8.29. The molecule has 1 aromatic rings. The Balaban J connectivity index is 1.92. The molecule has 1 saturated heterocycles. The molecule has 2 unspecified atom stereocenters. The van der Waals surface area contributed by atoms with Crippen LogP contribution in [0, 0.1) is 5.92 Å². The van der Waals surface area contributed by atoms with Crippen LogP contribution in [0.3, 0.4) is 0 Å². The van der Waals surface area contributed by atoms with E-state index in [4.69, 9.17) is 4.74 Å². The lowest BCUT2D eigenvalue weighted by atomic mass is 9.94.